The lowest BCUT2D eigenvalue weighted by Crippen LogP contribution is -2.49. The first-order valence-electron chi connectivity index (χ1n) is 3.79. The van der Waals surface area contributed by atoms with Crippen molar-refractivity contribution in [1.29, 1.82) is 0 Å². The number of rotatable bonds is 0. The summed E-state index contributed by atoms with van der Waals surface area (Å²) in [6, 6.07) is 1.63. The van der Waals surface area contributed by atoms with Crippen molar-refractivity contribution >= 4 is 12.4 Å². The van der Waals surface area contributed by atoms with E-state index in [1.165, 1.54) is 25.9 Å². The summed E-state index contributed by atoms with van der Waals surface area (Å²) < 4.78 is 0. The van der Waals surface area contributed by atoms with E-state index in [1.54, 1.807) is 0 Å². The molecule has 0 amide bonds. The number of likely N-dealkylation sites (tertiary alicyclic amines) is 1. The van der Waals surface area contributed by atoms with Crippen molar-refractivity contribution < 1.29 is 0 Å². The molecule has 0 aromatic rings. The van der Waals surface area contributed by atoms with E-state index in [0.29, 0.717) is 0 Å². The van der Waals surface area contributed by atoms with E-state index < -0.39 is 0 Å². The SMILES string of the molecule is CN1C[C@H]2CC[C@@H](C1)N2.Cl. The zero-order chi connectivity index (χ0) is 6.27. The van der Waals surface area contributed by atoms with Crippen molar-refractivity contribution in [3.63, 3.8) is 0 Å². The number of hydrogen-bond donors (Lipinski definition) is 1. The summed E-state index contributed by atoms with van der Waals surface area (Å²) in [5.41, 5.74) is 0. The fourth-order valence-electron chi connectivity index (χ4n) is 2.02. The third-order valence-corrected chi connectivity index (χ3v) is 2.40. The van der Waals surface area contributed by atoms with E-state index in [2.05, 4.69) is 17.3 Å². The minimum Gasteiger partial charge on any atom is -0.309 e. The molecule has 2 aliphatic heterocycles. The molecule has 2 rings (SSSR count). The average Bonchev–Trinajstić information content (AvgIpc) is 2.11. The number of nitrogens with one attached hydrogen (secondary N) is 1. The van der Waals surface area contributed by atoms with Gasteiger partial charge in [-0.1, -0.05) is 0 Å². The monoisotopic (exact) mass is 162 g/mol. The molecule has 0 saturated carbocycles. The first kappa shape index (κ1) is 8.31. The van der Waals surface area contributed by atoms with Gasteiger partial charge in [0, 0.05) is 25.2 Å². The summed E-state index contributed by atoms with van der Waals surface area (Å²) >= 11 is 0. The van der Waals surface area contributed by atoms with Crippen molar-refractivity contribution in [3.05, 3.63) is 0 Å². The quantitative estimate of drug-likeness (QED) is 0.558. The maximum Gasteiger partial charge on any atom is 0.0198 e. The molecule has 0 unspecified atom stereocenters. The summed E-state index contributed by atoms with van der Waals surface area (Å²) in [5.74, 6) is 0. The maximum absolute atomic E-state index is 3.58. The summed E-state index contributed by atoms with van der Waals surface area (Å²) in [6.45, 7) is 2.52. The molecule has 2 aliphatic rings. The highest BCUT2D eigenvalue weighted by Gasteiger charge is 2.29. The van der Waals surface area contributed by atoms with Gasteiger partial charge in [-0.15, -0.1) is 12.4 Å². The van der Waals surface area contributed by atoms with Gasteiger partial charge >= 0.3 is 0 Å². The van der Waals surface area contributed by atoms with Gasteiger partial charge in [-0.05, 0) is 19.9 Å². The van der Waals surface area contributed by atoms with Crippen LogP contribution in [-0.2, 0) is 0 Å². The summed E-state index contributed by atoms with van der Waals surface area (Å²) in [7, 11) is 2.21. The lowest BCUT2D eigenvalue weighted by atomic mass is 10.2. The van der Waals surface area contributed by atoms with Crippen LogP contribution >= 0.6 is 12.4 Å². The Bertz CT molecular complexity index is 106. The van der Waals surface area contributed by atoms with Crippen LogP contribution in [0.2, 0.25) is 0 Å². The minimum atomic E-state index is 0. The number of fused-ring (bicyclic) bond motifs is 2. The zero-order valence-electron chi connectivity index (χ0n) is 6.34. The summed E-state index contributed by atoms with van der Waals surface area (Å²) in [6.07, 6.45) is 2.80. The van der Waals surface area contributed by atoms with Gasteiger partial charge in [-0.2, -0.15) is 0 Å². The van der Waals surface area contributed by atoms with Gasteiger partial charge in [0.1, 0.15) is 0 Å². The third kappa shape index (κ3) is 1.44. The molecule has 10 heavy (non-hydrogen) atoms. The summed E-state index contributed by atoms with van der Waals surface area (Å²) in [4.78, 5) is 2.43. The van der Waals surface area contributed by atoms with Crippen molar-refractivity contribution in [1.82, 2.24) is 10.2 Å². The molecule has 60 valence electrons. The van der Waals surface area contributed by atoms with Crippen molar-refractivity contribution in [3.8, 4) is 0 Å². The van der Waals surface area contributed by atoms with E-state index in [9.17, 15) is 0 Å². The van der Waals surface area contributed by atoms with Crippen molar-refractivity contribution in [2.45, 2.75) is 24.9 Å². The van der Waals surface area contributed by atoms with Gasteiger partial charge in [-0.25, -0.2) is 0 Å². The predicted octanol–water partition coefficient (Wildman–Crippen LogP) is 0.474. The maximum atomic E-state index is 3.58. The Morgan fingerprint density at radius 3 is 2.20 bits per heavy atom. The lowest BCUT2D eigenvalue weighted by Gasteiger charge is -2.29. The molecular formula is C7H15ClN2. The van der Waals surface area contributed by atoms with Gasteiger partial charge in [-0.3, -0.25) is 0 Å². The van der Waals surface area contributed by atoms with Crippen LogP contribution in [0.3, 0.4) is 0 Å². The Morgan fingerprint density at radius 2 is 1.70 bits per heavy atom. The molecule has 0 radical (unpaired) electrons. The Morgan fingerprint density at radius 1 is 1.20 bits per heavy atom. The molecule has 0 spiro atoms. The molecule has 2 atom stereocenters. The molecule has 0 aromatic heterocycles. The highest BCUT2D eigenvalue weighted by atomic mass is 35.5. The van der Waals surface area contributed by atoms with E-state index in [1.807, 2.05) is 0 Å². The van der Waals surface area contributed by atoms with Crippen LogP contribution in [0, 0.1) is 0 Å². The fourth-order valence-corrected chi connectivity index (χ4v) is 2.02. The summed E-state index contributed by atoms with van der Waals surface area (Å²) in [5, 5.41) is 3.58. The van der Waals surface area contributed by atoms with Gasteiger partial charge in [0.05, 0.1) is 0 Å². The number of hydrogen-bond acceptors (Lipinski definition) is 2. The molecular weight excluding hydrogens is 148 g/mol. The highest BCUT2D eigenvalue weighted by molar-refractivity contribution is 5.85. The Balaban J connectivity index is 0.000000500. The van der Waals surface area contributed by atoms with Crippen LogP contribution in [0.15, 0.2) is 0 Å². The topological polar surface area (TPSA) is 15.3 Å². The normalized spacial score (nSPS) is 39.3. The fraction of sp³-hybridized carbons (Fsp3) is 1.00. The van der Waals surface area contributed by atoms with Crippen molar-refractivity contribution in [2.24, 2.45) is 0 Å². The molecule has 2 fully saturated rings. The first-order chi connectivity index (χ1) is 4.34. The number of likely N-dealkylation sites (N-methyl/N-ethyl adjacent to an activating group) is 1. The highest BCUT2D eigenvalue weighted by Crippen LogP contribution is 2.18. The number of piperazine rings is 1. The Hall–Kier alpha value is 0.210. The Labute approximate surface area is 68.4 Å². The van der Waals surface area contributed by atoms with E-state index in [-0.39, 0.29) is 12.4 Å². The van der Waals surface area contributed by atoms with Crippen LogP contribution in [0.5, 0.6) is 0 Å². The van der Waals surface area contributed by atoms with E-state index in [4.69, 9.17) is 0 Å². The van der Waals surface area contributed by atoms with Gasteiger partial charge in [0.15, 0.2) is 0 Å². The average molecular weight is 163 g/mol. The second kappa shape index (κ2) is 3.07. The zero-order valence-corrected chi connectivity index (χ0v) is 7.16. The standard InChI is InChI=1S/C7H14N2.ClH/c1-9-4-6-2-3-7(5-9)8-6;/h6-8H,2-5H2,1H3;1H/t6-,7+;. The Kier molecular flexibility index (Phi) is 2.55. The largest absolute Gasteiger partial charge is 0.309 e. The third-order valence-electron chi connectivity index (χ3n) is 2.40. The van der Waals surface area contributed by atoms with E-state index in [0.717, 1.165) is 12.1 Å². The molecule has 2 bridgehead atoms. The van der Waals surface area contributed by atoms with Crippen LogP contribution in [0.25, 0.3) is 0 Å². The molecule has 3 heteroatoms. The second-order valence-corrected chi connectivity index (χ2v) is 3.36. The van der Waals surface area contributed by atoms with E-state index >= 15 is 0 Å². The van der Waals surface area contributed by atoms with Gasteiger partial charge in [0.2, 0.25) is 0 Å². The molecule has 2 saturated heterocycles. The first-order valence-corrected chi connectivity index (χ1v) is 3.79. The van der Waals surface area contributed by atoms with Gasteiger partial charge in [0.25, 0.3) is 0 Å². The minimum absolute atomic E-state index is 0. The molecule has 2 heterocycles. The number of nitrogens with zero attached hydrogens (tertiary/aromatic N) is 1. The molecule has 0 aliphatic carbocycles. The lowest BCUT2D eigenvalue weighted by molar-refractivity contribution is 0.235. The molecule has 0 aromatic carbocycles. The second-order valence-electron chi connectivity index (χ2n) is 3.36. The predicted molar refractivity (Wildman–Crippen MR) is 44.7 cm³/mol. The molecule has 2 nitrogen and oxygen atoms in total. The van der Waals surface area contributed by atoms with Crippen LogP contribution in [-0.4, -0.2) is 37.1 Å². The van der Waals surface area contributed by atoms with Crippen molar-refractivity contribution in [2.75, 3.05) is 20.1 Å². The van der Waals surface area contributed by atoms with Crippen LogP contribution in [0.4, 0.5) is 0 Å². The van der Waals surface area contributed by atoms with Crippen LogP contribution in [0.1, 0.15) is 12.8 Å². The smallest absolute Gasteiger partial charge is 0.0198 e. The van der Waals surface area contributed by atoms with Gasteiger partial charge < -0.3 is 10.2 Å². The number of halogens is 1. The molecule has 1 N–H and O–H groups in total. The van der Waals surface area contributed by atoms with Crippen LogP contribution < -0.4 is 5.32 Å².